The largest absolute Gasteiger partial charge is 0.392 e. The topological polar surface area (TPSA) is 98.7 Å². The Balaban J connectivity index is 1.70. The summed E-state index contributed by atoms with van der Waals surface area (Å²) in [6, 6.07) is 12.0. The molecule has 5 atom stereocenters. The highest BCUT2D eigenvalue weighted by Crippen LogP contribution is 2.53. The molecule has 2 aromatic rings. The predicted molar refractivity (Wildman–Crippen MR) is 111 cm³/mol. The fourth-order valence-electron chi connectivity index (χ4n) is 5.44. The second-order valence-corrected chi connectivity index (χ2v) is 8.58. The maximum Gasteiger partial charge on any atom is 0.250 e. The highest BCUT2D eigenvalue weighted by atomic mass is 16.3. The monoisotopic (exact) mass is 405 g/mol. The SMILES string of the molecule is Cc1cc(C)cc(N2C(=O)[C@H]3[C@@H](C2=O)[C@]2(N[C@H]3C(C)O)C(=O)Nc3ccccc32)c1. The second kappa shape index (κ2) is 6.23. The summed E-state index contributed by atoms with van der Waals surface area (Å²) in [6.45, 7) is 5.39. The minimum atomic E-state index is -1.39. The number of imide groups is 1. The van der Waals surface area contributed by atoms with Crippen LogP contribution in [0.15, 0.2) is 42.5 Å². The van der Waals surface area contributed by atoms with Crippen LogP contribution in [0.5, 0.6) is 0 Å². The molecule has 2 aromatic carbocycles. The van der Waals surface area contributed by atoms with E-state index in [0.717, 1.165) is 11.1 Å². The van der Waals surface area contributed by atoms with E-state index in [1.54, 1.807) is 43.3 Å². The van der Waals surface area contributed by atoms with Crippen molar-refractivity contribution in [2.75, 3.05) is 10.2 Å². The van der Waals surface area contributed by atoms with Gasteiger partial charge in [-0.1, -0.05) is 24.3 Å². The van der Waals surface area contributed by atoms with Crippen LogP contribution in [0, 0.1) is 25.7 Å². The van der Waals surface area contributed by atoms with E-state index in [9.17, 15) is 19.5 Å². The number of aryl methyl sites for hydroxylation is 2. The van der Waals surface area contributed by atoms with E-state index >= 15 is 0 Å². The molecule has 1 unspecified atom stereocenters. The van der Waals surface area contributed by atoms with E-state index in [4.69, 9.17) is 0 Å². The Kier molecular flexibility index (Phi) is 3.94. The maximum atomic E-state index is 13.7. The van der Waals surface area contributed by atoms with Crippen molar-refractivity contribution in [1.29, 1.82) is 0 Å². The predicted octanol–water partition coefficient (Wildman–Crippen LogP) is 1.61. The van der Waals surface area contributed by atoms with Crippen molar-refractivity contribution in [3.8, 4) is 0 Å². The molecule has 0 aliphatic carbocycles. The summed E-state index contributed by atoms with van der Waals surface area (Å²) in [4.78, 5) is 41.7. The molecule has 7 heteroatoms. The summed E-state index contributed by atoms with van der Waals surface area (Å²) in [5.74, 6) is -2.95. The van der Waals surface area contributed by atoms with Crippen molar-refractivity contribution in [1.82, 2.24) is 5.32 Å². The zero-order valence-corrected chi connectivity index (χ0v) is 17.0. The number of nitrogens with zero attached hydrogens (tertiary/aromatic N) is 1. The summed E-state index contributed by atoms with van der Waals surface area (Å²) in [6.07, 6.45) is -0.923. The molecular weight excluding hydrogens is 382 g/mol. The minimum Gasteiger partial charge on any atom is -0.392 e. The molecule has 0 radical (unpaired) electrons. The Hall–Kier alpha value is -3.03. The van der Waals surface area contributed by atoms with Crippen LogP contribution >= 0.6 is 0 Å². The van der Waals surface area contributed by atoms with Crippen LogP contribution in [0.1, 0.15) is 23.6 Å². The number of hydrogen-bond donors (Lipinski definition) is 3. The molecule has 3 amide bonds. The van der Waals surface area contributed by atoms with Gasteiger partial charge in [-0.15, -0.1) is 0 Å². The first-order chi connectivity index (χ1) is 14.3. The van der Waals surface area contributed by atoms with Gasteiger partial charge in [0.2, 0.25) is 17.7 Å². The standard InChI is InChI=1S/C23H23N3O4/c1-11-8-12(2)10-14(9-11)26-20(28)17-18(21(26)29)23(25-19(17)13(3)27)15-6-4-5-7-16(15)24-22(23)30/h4-10,13,17-19,25,27H,1-3H3,(H,24,30)/t13?,17-,18-,19-,23-/m0/s1. The van der Waals surface area contributed by atoms with Crippen LogP contribution in [0.2, 0.25) is 0 Å². The first-order valence-corrected chi connectivity index (χ1v) is 10.1. The molecule has 1 spiro atoms. The van der Waals surface area contributed by atoms with Crippen molar-refractivity contribution in [3.63, 3.8) is 0 Å². The van der Waals surface area contributed by atoms with Gasteiger partial charge in [-0.05, 0) is 50.1 Å². The summed E-state index contributed by atoms with van der Waals surface area (Å²) in [7, 11) is 0. The van der Waals surface area contributed by atoms with Crippen molar-refractivity contribution in [2.45, 2.75) is 38.5 Å². The third-order valence-electron chi connectivity index (χ3n) is 6.54. The molecule has 30 heavy (non-hydrogen) atoms. The number of carbonyl (C=O) groups is 3. The van der Waals surface area contributed by atoms with Crippen LogP contribution in [0.25, 0.3) is 0 Å². The van der Waals surface area contributed by atoms with E-state index < -0.39 is 35.4 Å². The lowest BCUT2D eigenvalue weighted by atomic mass is 9.76. The third-order valence-corrected chi connectivity index (χ3v) is 6.54. The van der Waals surface area contributed by atoms with Gasteiger partial charge in [0, 0.05) is 17.3 Å². The molecule has 3 aliphatic heterocycles. The number of hydrogen-bond acceptors (Lipinski definition) is 5. The normalized spacial score (nSPS) is 30.6. The Bertz CT molecular complexity index is 1090. The molecule has 2 fully saturated rings. The minimum absolute atomic E-state index is 0.370. The first-order valence-electron chi connectivity index (χ1n) is 10.1. The van der Waals surface area contributed by atoms with E-state index in [1.807, 2.05) is 19.9 Å². The number of rotatable bonds is 2. The number of carbonyl (C=O) groups excluding carboxylic acids is 3. The van der Waals surface area contributed by atoms with Gasteiger partial charge >= 0.3 is 0 Å². The maximum absolute atomic E-state index is 13.7. The second-order valence-electron chi connectivity index (χ2n) is 8.58. The lowest BCUT2D eigenvalue weighted by molar-refractivity contribution is -0.130. The molecule has 5 rings (SSSR count). The average molecular weight is 405 g/mol. The van der Waals surface area contributed by atoms with Gasteiger partial charge in [-0.25, -0.2) is 4.90 Å². The van der Waals surface area contributed by atoms with E-state index in [0.29, 0.717) is 16.9 Å². The molecule has 3 heterocycles. The zero-order valence-electron chi connectivity index (χ0n) is 17.0. The number of aliphatic hydroxyl groups is 1. The molecule has 0 saturated carbocycles. The third kappa shape index (κ3) is 2.30. The molecular formula is C23H23N3O4. The van der Waals surface area contributed by atoms with Crippen molar-refractivity contribution in [3.05, 3.63) is 59.2 Å². The fraction of sp³-hybridized carbons (Fsp3) is 0.348. The Morgan fingerprint density at radius 3 is 2.37 bits per heavy atom. The molecule has 0 aromatic heterocycles. The number of nitrogens with one attached hydrogen (secondary N) is 2. The summed E-state index contributed by atoms with van der Waals surface area (Å²) in [5.41, 5.74) is 2.24. The number of benzene rings is 2. The van der Waals surface area contributed by atoms with Crippen LogP contribution in [-0.2, 0) is 19.9 Å². The Morgan fingerprint density at radius 1 is 1.03 bits per heavy atom. The van der Waals surface area contributed by atoms with E-state index in [1.165, 1.54) is 4.90 Å². The van der Waals surface area contributed by atoms with Crippen LogP contribution in [0.4, 0.5) is 11.4 Å². The number of anilines is 2. The van der Waals surface area contributed by atoms with Crippen LogP contribution in [0.3, 0.4) is 0 Å². The summed E-state index contributed by atoms with van der Waals surface area (Å²) in [5, 5.41) is 16.5. The smallest absolute Gasteiger partial charge is 0.250 e. The lowest BCUT2D eigenvalue weighted by Crippen LogP contribution is -2.54. The highest BCUT2D eigenvalue weighted by Gasteiger charge is 2.71. The van der Waals surface area contributed by atoms with E-state index in [2.05, 4.69) is 10.6 Å². The molecule has 3 aliphatic rings. The van der Waals surface area contributed by atoms with Crippen LogP contribution < -0.4 is 15.5 Å². The number of amides is 3. The summed E-state index contributed by atoms with van der Waals surface area (Å²) < 4.78 is 0. The van der Waals surface area contributed by atoms with Crippen molar-refractivity contribution < 1.29 is 19.5 Å². The van der Waals surface area contributed by atoms with E-state index in [-0.39, 0.29) is 11.8 Å². The van der Waals surface area contributed by atoms with Gasteiger partial charge in [0.15, 0.2) is 0 Å². The molecule has 7 nitrogen and oxygen atoms in total. The Labute approximate surface area is 174 Å². The van der Waals surface area contributed by atoms with Gasteiger partial charge in [-0.3, -0.25) is 19.7 Å². The number of fused-ring (bicyclic) bond motifs is 4. The van der Waals surface area contributed by atoms with Crippen molar-refractivity contribution >= 4 is 29.1 Å². The Morgan fingerprint density at radius 2 is 1.70 bits per heavy atom. The lowest BCUT2D eigenvalue weighted by Gasteiger charge is -2.30. The molecule has 154 valence electrons. The van der Waals surface area contributed by atoms with Crippen LogP contribution in [-0.4, -0.2) is 35.0 Å². The highest BCUT2D eigenvalue weighted by molar-refractivity contribution is 6.25. The van der Waals surface area contributed by atoms with Crippen molar-refractivity contribution in [2.24, 2.45) is 11.8 Å². The average Bonchev–Trinajstić information content (AvgIpc) is 3.26. The summed E-state index contributed by atoms with van der Waals surface area (Å²) >= 11 is 0. The van der Waals surface area contributed by atoms with Gasteiger partial charge in [0.1, 0.15) is 5.54 Å². The molecule has 0 bridgehead atoms. The molecule has 2 saturated heterocycles. The zero-order chi connectivity index (χ0) is 21.4. The van der Waals surface area contributed by atoms with Gasteiger partial charge in [0.05, 0.1) is 23.6 Å². The quantitative estimate of drug-likeness (QED) is 0.660. The number of para-hydroxylation sites is 1. The fourth-order valence-corrected chi connectivity index (χ4v) is 5.44. The molecule has 3 N–H and O–H groups in total. The van der Waals surface area contributed by atoms with Gasteiger partial charge in [-0.2, -0.15) is 0 Å². The van der Waals surface area contributed by atoms with Gasteiger partial charge < -0.3 is 10.4 Å². The number of aliphatic hydroxyl groups excluding tert-OH is 1. The van der Waals surface area contributed by atoms with Gasteiger partial charge in [0.25, 0.3) is 0 Å². The first kappa shape index (κ1) is 19.0.